The molecule has 0 radical (unpaired) electrons. The average molecular weight is 1040 g/mol. The van der Waals surface area contributed by atoms with Gasteiger partial charge < -0.3 is 24.2 Å². The molecule has 3 unspecified atom stereocenters. The second-order valence-electron chi connectivity index (χ2n) is 20.2. The third-order valence-electron chi connectivity index (χ3n) is 13.0. The van der Waals surface area contributed by atoms with Crippen LogP contribution in [-0.4, -0.2) is 66.5 Å². The minimum atomic E-state index is -4.74. The molecule has 422 valence electrons. The molecule has 0 aromatic carbocycles. The first kappa shape index (κ1) is 69.7. The van der Waals surface area contributed by atoms with Crippen LogP contribution in [0.15, 0.2) is 36.5 Å². The molecule has 0 aliphatic rings. The summed E-state index contributed by atoms with van der Waals surface area (Å²) < 4.78 is 39.5. The van der Waals surface area contributed by atoms with Gasteiger partial charge in [0.1, 0.15) is 12.7 Å². The summed E-state index contributed by atoms with van der Waals surface area (Å²) in [7, 11) is -4.74. The molecule has 0 aliphatic carbocycles. The molecule has 72 heavy (non-hydrogen) atoms. The number of esters is 3. The fourth-order valence-corrected chi connectivity index (χ4v) is 9.21. The van der Waals surface area contributed by atoms with Gasteiger partial charge in [-0.3, -0.25) is 23.4 Å². The van der Waals surface area contributed by atoms with Crippen molar-refractivity contribution in [3.05, 3.63) is 36.5 Å². The smallest absolute Gasteiger partial charge is 0.462 e. The van der Waals surface area contributed by atoms with E-state index in [1.807, 2.05) is 0 Å². The number of carbonyl (C=O) groups excluding carboxylic acids is 3. The van der Waals surface area contributed by atoms with E-state index in [1.165, 1.54) is 141 Å². The van der Waals surface area contributed by atoms with E-state index in [1.54, 1.807) is 0 Å². The lowest BCUT2D eigenvalue weighted by Crippen LogP contribution is -2.30. The van der Waals surface area contributed by atoms with Crippen molar-refractivity contribution in [2.45, 2.75) is 303 Å². The molecule has 0 amide bonds. The lowest BCUT2D eigenvalue weighted by Gasteiger charge is -2.21. The number of carbonyl (C=O) groups is 3. The first-order valence-corrected chi connectivity index (χ1v) is 31.4. The Bertz CT molecular complexity index is 1350. The lowest BCUT2D eigenvalue weighted by molar-refractivity contribution is -0.161. The van der Waals surface area contributed by atoms with Gasteiger partial charge in [-0.25, -0.2) is 4.57 Å². The maximum absolute atomic E-state index is 12.9. The molecule has 3 atom stereocenters. The Morgan fingerprint density at radius 2 is 0.694 bits per heavy atom. The number of aliphatic hydroxyl groups excluding tert-OH is 1. The van der Waals surface area contributed by atoms with E-state index in [-0.39, 0.29) is 25.9 Å². The summed E-state index contributed by atoms with van der Waals surface area (Å²) in [6, 6.07) is 0. The number of allylic oxidation sites excluding steroid dienone is 6. The Morgan fingerprint density at radius 3 is 1.11 bits per heavy atom. The molecule has 0 aliphatic heterocycles. The molecule has 0 bridgehead atoms. The van der Waals surface area contributed by atoms with Crippen LogP contribution in [0.1, 0.15) is 290 Å². The lowest BCUT2D eigenvalue weighted by atomic mass is 10.0. The fraction of sp³-hybridized carbons (Fsp3) is 0.850. The van der Waals surface area contributed by atoms with Crippen molar-refractivity contribution in [1.29, 1.82) is 0 Å². The van der Waals surface area contributed by atoms with E-state index in [2.05, 4.69) is 57.2 Å². The van der Waals surface area contributed by atoms with Crippen LogP contribution in [0.5, 0.6) is 0 Å². The molecule has 0 saturated carbocycles. The highest BCUT2D eigenvalue weighted by Crippen LogP contribution is 2.43. The Kier molecular flexibility index (Phi) is 53.2. The zero-order valence-corrected chi connectivity index (χ0v) is 47.6. The summed E-state index contributed by atoms with van der Waals surface area (Å²) in [5.41, 5.74) is 0. The Hall–Kier alpha value is -2.30. The quantitative estimate of drug-likeness (QED) is 0.0197. The van der Waals surface area contributed by atoms with Crippen molar-refractivity contribution in [1.82, 2.24) is 0 Å². The van der Waals surface area contributed by atoms with Crippen molar-refractivity contribution in [2.75, 3.05) is 26.4 Å². The fourth-order valence-electron chi connectivity index (χ4n) is 8.43. The second kappa shape index (κ2) is 54.9. The third kappa shape index (κ3) is 52.6. The first-order valence-electron chi connectivity index (χ1n) is 29.9. The summed E-state index contributed by atoms with van der Waals surface area (Å²) in [6.45, 7) is 4.61. The van der Waals surface area contributed by atoms with Crippen LogP contribution in [0.2, 0.25) is 0 Å². The zero-order valence-electron chi connectivity index (χ0n) is 46.7. The molecule has 0 aromatic rings. The summed E-state index contributed by atoms with van der Waals surface area (Å²) in [5.74, 6) is -1.46. The number of ether oxygens (including phenoxy) is 3. The number of phosphoric ester groups is 1. The van der Waals surface area contributed by atoms with Crippen LogP contribution < -0.4 is 0 Å². The molecule has 12 heteroatoms. The summed E-state index contributed by atoms with van der Waals surface area (Å²) in [5, 5.41) is 9.82. The van der Waals surface area contributed by atoms with Crippen molar-refractivity contribution < 1.29 is 52.2 Å². The van der Waals surface area contributed by atoms with Gasteiger partial charge in [0.15, 0.2) is 6.10 Å². The van der Waals surface area contributed by atoms with Gasteiger partial charge in [-0.15, -0.1) is 0 Å². The second-order valence-corrected chi connectivity index (χ2v) is 21.6. The minimum absolute atomic E-state index is 0.164. The van der Waals surface area contributed by atoms with E-state index in [4.69, 9.17) is 23.3 Å². The normalized spacial score (nSPS) is 13.6. The molecule has 2 N–H and O–H groups in total. The maximum atomic E-state index is 12.9. The van der Waals surface area contributed by atoms with Crippen molar-refractivity contribution in [3.63, 3.8) is 0 Å². The number of hydrogen-bond donors (Lipinski definition) is 2. The molecular formula is C60H111O11P. The third-order valence-corrected chi connectivity index (χ3v) is 14.0. The summed E-state index contributed by atoms with van der Waals surface area (Å²) in [6.07, 6.45) is 56.7. The van der Waals surface area contributed by atoms with Crippen LogP contribution in [-0.2, 0) is 42.2 Å². The number of aliphatic hydroxyl groups is 1. The molecule has 0 spiro atoms. The van der Waals surface area contributed by atoms with E-state index >= 15 is 0 Å². The number of phosphoric acid groups is 1. The van der Waals surface area contributed by atoms with Crippen LogP contribution in [0.25, 0.3) is 0 Å². The van der Waals surface area contributed by atoms with Crippen LogP contribution in [0.4, 0.5) is 0 Å². The van der Waals surface area contributed by atoms with Crippen molar-refractivity contribution >= 4 is 25.7 Å². The minimum Gasteiger partial charge on any atom is -0.462 e. The molecular weight excluding hydrogens is 928 g/mol. The highest BCUT2D eigenvalue weighted by molar-refractivity contribution is 7.47. The highest BCUT2D eigenvalue weighted by atomic mass is 31.2. The maximum Gasteiger partial charge on any atom is 0.472 e. The number of rotatable bonds is 56. The van der Waals surface area contributed by atoms with Crippen LogP contribution in [0, 0.1) is 0 Å². The van der Waals surface area contributed by atoms with E-state index in [9.17, 15) is 28.9 Å². The van der Waals surface area contributed by atoms with Crippen molar-refractivity contribution in [3.8, 4) is 0 Å². The largest absolute Gasteiger partial charge is 0.472 e. The van der Waals surface area contributed by atoms with Gasteiger partial charge in [0.25, 0.3) is 0 Å². The number of hydrogen-bond acceptors (Lipinski definition) is 10. The Labute approximate surface area is 441 Å². The first-order chi connectivity index (χ1) is 35.2. The van der Waals surface area contributed by atoms with Gasteiger partial charge in [-0.1, -0.05) is 237 Å². The van der Waals surface area contributed by atoms with Gasteiger partial charge in [-0.05, 0) is 70.6 Å². The molecule has 0 aromatic heterocycles. The van der Waals surface area contributed by atoms with Gasteiger partial charge in [0.2, 0.25) is 0 Å². The molecule has 0 saturated heterocycles. The SMILES string of the molecule is CCCC/C=C\CCCCCCCC(=O)OCC(COP(=O)(O)OCC(CO)OC(=O)CCCCCCCCCCCCCCCCC)OC(=O)CCCCCCCCCCC/C=C\C/C=C\CCCCC. The molecule has 0 fully saturated rings. The highest BCUT2D eigenvalue weighted by Gasteiger charge is 2.28. The van der Waals surface area contributed by atoms with Crippen molar-refractivity contribution in [2.24, 2.45) is 0 Å². The summed E-state index contributed by atoms with van der Waals surface area (Å²) >= 11 is 0. The number of unbranched alkanes of at least 4 members (excludes halogenated alkanes) is 33. The predicted octanol–water partition coefficient (Wildman–Crippen LogP) is 17.6. The Morgan fingerprint density at radius 1 is 0.389 bits per heavy atom. The predicted molar refractivity (Wildman–Crippen MR) is 298 cm³/mol. The average Bonchev–Trinajstić information content (AvgIpc) is 3.37. The van der Waals surface area contributed by atoms with Gasteiger partial charge >= 0.3 is 25.7 Å². The standard InChI is InChI=1S/C60H111O11P/c1-4-7-10-13-16-19-22-24-26-27-28-29-31-33-36-39-42-45-48-51-60(64)71-57(53-67-58(62)49-46-43-40-37-34-21-18-15-12-9-6-3)55-69-72(65,66)68-54-56(52-61)70-59(63)50-47-44-41-38-35-32-30-25-23-20-17-14-11-8-5-2/h15-16,18-19,24,26,56-57,61H,4-14,17,20-23,25,27-55H2,1-3H3,(H,65,66)/b18-15-,19-16-,26-24-. The van der Waals surface area contributed by atoms with E-state index < -0.39 is 57.8 Å². The van der Waals surface area contributed by atoms with Gasteiger partial charge in [0, 0.05) is 19.3 Å². The topological polar surface area (TPSA) is 155 Å². The van der Waals surface area contributed by atoms with E-state index in [0.717, 1.165) is 89.9 Å². The van der Waals surface area contributed by atoms with Gasteiger partial charge in [-0.2, -0.15) is 0 Å². The molecule has 11 nitrogen and oxygen atoms in total. The van der Waals surface area contributed by atoms with Crippen LogP contribution in [0.3, 0.4) is 0 Å². The zero-order chi connectivity index (χ0) is 52.7. The molecule has 0 rings (SSSR count). The van der Waals surface area contributed by atoms with Gasteiger partial charge in [0.05, 0.1) is 19.8 Å². The molecule has 0 heterocycles. The monoisotopic (exact) mass is 1040 g/mol. The van der Waals surface area contributed by atoms with E-state index in [0.29, 0.717) is 19.3 Å². The Balaban J connectivity index is 4.64. The summed E-state index contributed by atoms with van der Waals surface area (Å²) in [4.78, 5) is 48.5. The van der Waals surface area contributed by atoms with Crippen LogP contribution >= 0.6 is 7.82 Å².